The minimum atomic E-state index is -3.50. The van der Waals surface area contributed by atoms with Gasteiger partial charge in [-0.1, -0.05) is 30.1 Å². The molecule has 0 radical (unpaired) electrons. The van der Waals surface area contributed by atoms with Gasteiger partial charge < -0.3 is 9.63 Å². The van der Waals surface area contributed by atoms with Crippen LogP contribution in [-0.2, 0) is 4.57 Å². The average molecular weight is 365 g/mol. The van der Waals surface area contributed by atoms with Gasteiger partial charge in [-0.3, -0.25) is 14.7 Å². The number of ether oxygens (including phenoxy) is 1. The third-order valence-electron chi connectivity index (χ3n) is 2.34. The molecule has 1 aromatic rings. The van der Waals surface area contributed by atoms with Crippen molar-refractivity contribution in [2.75, 3.05) is 6.66 Å². The van der Waals surface area contributed by atoms with E-state index in [9.17, 15) is 19.6 Å². The number of nitro benzene ring substituents is 1. The lowest BCUT2D eigenvalue weighted by molar-refractivity contribution is -0.384. The highest BCUT2D eigenvalue weighted by molar-refractivity contribution is 7.57. The lowest BCUT2D eigenvalue weighted by atomic mass is 10.3. The Morgan fingerprint density at radius 1 is 1.45 bits per heavy atom. The summed E-state index contributed by atoms with van der Waals surface area (Å²) in [5.74, 6) is -1.02. The Labute approximate surface area is 132 Å². The molecule has 2 atom stereocenters. The second kappa shape index (κ2) is 7.48. The number of hydrogen-bond acceptors (Lipinski definition) is 4. The molecule has 114 valence electrons. The predicted molar refractivity (Wildman–Crippen MR) is 80.8 cm³/mol. The third kappa shape index (κ3) is 4.79. The van der Waals surface area contributed by atoms with Gasteiger partial charge >= 0.3 is 0 Å². The van der Waals surface area contributed by atoms with Gasteiger partial charge in [0.25, 0.3) is 5.69 Å². The molecule has 0 spiro atoms. The molecule has 10 heteroatoms. The highest BCUT2D eigenvalue weighted by Gasteiger charge is 2.28. The quantitative estimate of drug-likeness (QED) is 0.477. The Morgan fingerprint density at radius 2 is 2.00 bits per heavy atom. The van der Waals surface area contributed by atoms with Crippen LogP contribution in [0.4, 0.5) is 5.69 Å². The van der Waals surface area contributed by atoms with E-state index in [2.05, 4.69) is 0 Å². The minimum absolute atomic E-state index is 0. The van der Waals surface area contributed by atoms with Crippen molar-refractivity contribution in [2.24, 2.45) is 0 Å². The average Bonchev–Trinajstić information content (AvgIpc) is 2.25. The van der Waals surface area contributed by atoms with E-state index >= 15 is 0 Å². The molecule has 0 aromatic heterocycles. The SMILES string of the molecule is CCC(Oc1cc([N+](=O)[O-])c(Cl)cc1Cl)P(C)(=O)O.Cl. The van der Waals surface area contributed by atoms with Gasteiger partial charge in [0.1, 0.15) is 10.8 Å². The monoisotopic (exact) mass is 363 g/mol. The third-order valence-corrected chi connectivity index (χ3v) is 4.48. The van der Waals surface area contributed by atoms with Crippen LogP contribution < -0.4 is 4.74 Å². The van der Waals surface area contributed by atoms with Gasteiger partial charge in [0.15, 0.2) is 5.85 Å². The first-order chi connectivity index (χ1) is 8.66. The van der Waals surface area contributed by atoms with Gasteiger partial charge in [0.05, 0.1) is 16.0 Å². The summed E-state index contributed by atoms with van der Waals surface area (Å²) in [6.07, 6.45) is 0.261. The number of halogens is 3. The zero-order valence-corrected chi connectivity index (χ0v) is 13.8. The molecule has 0 saturated carbocycles. The highest BCUT2D eigenvalue weighted by atomic mass is 35.5. The largest absolute Gasteiger partial charge is 0.479 e. The number of nitrogens with zero attached hydrogens (tertiary/aromatic N) is 1. The zero-order valence-electron chi connectivity index (χ0n) is 10.6. The summed E-state index contributed by atoms with van der Waals surface area (Å²) in [6.45, 7) is 2.81. The first-order valence-corrected chi connectivity index (χ1v) is 8.20. The van der Waals surface area contributed by atoms with Gasteiger partial charge in [-0.05, 0) is 12.5 Å². The Bertz CT molecular complexity index is 548. The van der Waals surface area contributed by atoms with Crippen molar-refractivity contribution in [1.29, 1.82) is 0 Å². The number of hydrogen-bond donors (Lipinski definition) is 1. The molecule has 0 aliphatic carbocycles. The molecule has 0 bridgehead atoms. The Balaban J connectivity index is 0.00000361. The normalized spacial score (nSPS) is 14.8. The Hall–Kier alpha value is -0.520. The van der Waals surface area contributed by atoms with Crippen molar-refractivity contribution in [3.05, 3.63) is 32.3 Å². The van der Waals surface area contributed by atoms with Crippen molar-refractivity contribution in [3.8, 4) is 5.75 Å². The number of rotatable bonds is 5. The maximum absolute atomic E-state index is 11.6. The standard InChI is InChI=1S/C10H12Cl2NO5P.ClH/c1-3-10(19(2,16)17)18-9-5-8(13(14)15)6(11)4-7(9)12;/h4-5,10H,3H2,1-2H3,(H,16,17);1H. The van der Waals surface area contributed by atoms with Gasteiger partial charge in [-0.25, -0.2) is 0 Å². The van der Waals surface area contributed by atoms with Crippen LogP contribution in [0.1, 0.15) is 13.3 Å². The van der Waals surface area contributed by atoms with E-state index in [1.54, 1.807) is 6.92 Å². The Kier molecular flexibility index (Phi) is 7.28. The molecule has 1 aromatic carbocycles. The van der Waals surface area contributed by atoms with E-state index in [-0.39, 0.29) is 40.3 Å². The molecule has 0 fully saturated rings. The summed E-state index contributed by atoms with van der Waals surface area (Å²) in [6, 6.07) is 2.21. The summed E-state index contributed by atoms with van der Waals surface area (Å²) < 4.78 is 16.9. The molecule has 1 rings (SSSR count). The highest BCUT2D eigenvalue weighted by Crippen LogP contribution is 2.46. The molecule has 6 nitrogen and oxygen atoms in total. The molecule has 1 N–H and O–H groups in total. The molecule has 0 aliphatic heterocycles. The van der Waals surface area contributed by atoms with Crippen LogP contribution in [0.3, 0.4) is 0 Å². The molecule has 0 saturated heterocycles. The smallest absolute Gasteiger partial charge is 0.291 e. The lowest BCUT2D eigenvalue weighted by Crippen LogP contribution is -2.15. The van der Waals surface area contributed by atoms with E-state index < -0.39 is 18.1 Å². The fraction of sp³-hybridized carbons (Fsp3) is 0.400. The fourth-order valence-corrected chi connectivity index (χ4v) is 2.90. The lowest BCUT2D eigenvalue weighted by Gasteiger charge is -2.20. The van der Waals surface area contributed by atoms with Crippen LogP contribution in [-0.4, -0.2) is 22.3 Å². The summed E-state index contributed by atoms with van der Waals surface area (Å²) in [7, 11) is -3.50. The van der Waals surface area contributed by atoms with E-state index in [0.717, 1.165) is 12.7 Å². The summed E-state index contributed by atoms with van der Waals surface area (Å²) in [5.41, 5.74) is -0.375. The molecule has 0 heterocycles. The van der Waals surface area contributed by atoms with Gasteiger partial charge in [-0.15, -0.1) is 12.4 Å². The number of nitro groups is 1. The van der Waals surface area contributed by atoms with Crippen molar-refractivity contribution >= 4 is 48.7 Å². The molecular formula is C10H13Cl3NO5P. The first-order valence-electron chi connectivity index (χ1n) is 5.26. The van der Waals surface area contributed by atoms with Crippen LogP contribution >= 0.6 is 43.0 Å². The molecule has 2 unspecified atom stereocenters. The molecule has 20 heavy (non-hydrogen) atoms. The first kappa shape index (κ1) is 19.5. The van der Waals surface area contributed by atoms with Crippen LogP contribution in [0.25, 0.3) is 0 Å². The maximum Gasteiger partial charge on any atom is 0.291 e. The van der Waals surface area contributed by atoms with Crippen LogP contribution in [0, 0.1) is 10.1 Å². The van der Waals surface area contributed by atoms with E-state index in [1.807, 2.05) is 0 Å². The topological polar surface area (TPSA) is 89.7 Å². The molecule has 0 aliphatic rings. The summed E-state index contributed by atoms with van der Waals surface area (Å²) >= 11 is 11.5. The van der Waals surface area contributed by atoms with Gasteiger partial charge in [0, 0.05) is 6.66 Å². The second-order valence-electron chi connectivity index (χ2n) is 3.92. The van der Waals surface area contributed by atoms with Crippen LogP contribution in [0.5, 0.6) is 5.75 Å². The van der Waals surface area contributed by atoms with Crippen molar-refractivity contribution < 1.29 is 19.1 Å². The van der Waals surface area contributed by atoms with E-state index in [1.165, 1.54) is 6.07 Å². The van der Waals surface area contributed by atoms with Crippen molar-refractivity contribution in [3.63, 3.8) is 0 Å². The van der Waals surface area contributed by atoms with Crippen molar-refractivity contribution in [1.82, 2.24) is 0 Å². The Morgan fingerprint density at radius 3 is 2.40 bits per heavy atom. The van der Waals surface area contributed by atoms with E-state index in [0.29, 0.717) is 0 Å². The molecule has 0 amide bonds. The fourth-order valence-electron chi connectivity index (χ4n) is 1.42. The van der Waals surface area contributed by atoms with Crippen molar-refractivity contribution in [2.45, 2.75) is 19.2 Å². The maximum atomic E-state index is 11.6. The second-order valence-corrected chi connectivity index (χ2v) is 7.19. The predicted octanol–water partition coefficient (Wildman–Crippen LogP) is 4.34. The van der Waals surface area contributed by atoms with Gasteiger partial charge in [-0.2, -0.15) is 0 Å². The molecular weight excluding hydrogens is 351 g/mol. The summed E-state index contributed by atoms with van der Waals surface area (Å²) in [5, 5.41) is 10.7. The number of benzene rings is 1. The minimum Gasteiger partial charge on any atom is -0.479 e. The van der Waals surface area contributed by atoms with Crippen LogP contribution in [0.2, 0.25) is 10.0 Å². The summed E-state index contributed by atoms with van der Waals surface area (Å²) in [4.78, 5) is 19.6. The van der Waals surface area contributed by atoms with Crippen LogP contribution in [0.15, 0.2) is 12.1 Å². The zero-order chi connectivity index (χ0) is 14.8. The van der Waals surface area contributed by atoms with Gasteiger partial charge in [0.2, 0.25) is 7.37 Å². The van der Waals surface area contributed by atoms with E-state index in [4.69, 9.17) is 27.9 Å².